The third-order valence-electron chi connectivity index (χ3n) is 2.04. The lowest BCUT2D eigenvalue weighted by Gasteiger charge is -2.09. The molecule has 15 heavy (non-hydrogen) atoms. The van der Waals surface area contributed by atoms with E-state index in [-0.39, 0.29) is 37.0 Å². The Bertz CT molecular complexity index is 520. The number of carbonyl (C=O) groups excluding carboxylic acids is 1. The maximum absolute atomic E-state index is 11.4. The van der Waals surface area contributed by atoms with Crippen molar-refractivity contribution < 1.29 is 9.90 Å². The van der Waals surface area contributed by atoms with Gasteiger partial charge in [-0.2, -0.15) is 0 Å². The first kappa shape index (κ1) is 11.1. The van der Waals surface area contributed by atoms with E-state index in [4.69, 9.17) is 46.4 Å². The van der Waals surface area contributed by atoms with Gasteiger partial charge in [0.2, 0.25) is 0 Å². The Labute approximate surface area is 105 Å². The number of aliphatic hydroxyl groups is 1. The second-order valence-corrected chi connectivity index (χ2v) is 4.41. The van der Waals surface area contributed by atoms with Crippen molar-refractivity contribution in [1.29, 1.82) is 0 Å². The van der Waals surface area contributed by atoms with Crippen LogP contribution in [0.3, 0.4) is 0 Å². The smallest absolute Gasteiger partial charge is 0.191 e. The van der Waals surface area contributed by atoms with Crippen molar-refractivity contribution >= 4 is 57.9 Å². The minimum Gasteiger partial charge on any atom is -0.507 e. The van der Waals surface area contributed by atoms with Crippen LogP contribution in [0.5, 0.6) is 0 Å². The van der Waals surface area contributed by atoms with E-state index in [1.54, 1.807) is 0 Å². The fraction of sp³-hybridized carbons (Fsp3) is 0. The van der Waals surface area contributed by atoms with E-state index in [0.717, 1.165) is 6.08 Å². The molecule has 0 bridgehead atoms. The Morgan fingerprint density at radius 3 is 1.87 bits per heavy atom. The molecule has 0 saturated carbocycles. The van der Waals surface area contributed by atoms with E-state index in [0.29, 0.717) is 0 Å². The number of aliphatic hydroxyl groups excluding tert-OH is 1. The quantitative estimate of drug-likeness (QED) is 0.566. The second-order valence-electron chi connectivity index (χ2n) is 2.90. The van der Waals surface area contributed by atoms with Crippen LogP contribution in [0, 0.1) is 0 Å². The molecule has 1 aliphatic carbocycles. The third-order valence-corrected chi connectivity index (χ3v) is 3.84. The molecule has 0 heterocycles. The third kappa shape index (κ3) is 1.44. The van der Waals surface area contributed by atoms with Gasteiger partial charge in [0.15, 0.2) is 5.78 Å². The molecule has 0 radical (unpaired) electrons. The predicted molar refractivity (Wildman–Crippen MR) is 61.4 cm³/mol. The number of fused-ring (bicyclic) bond motifs is 1. The Balaban J connectivity index is 2.92. The number of hydrogen-bond acceptors (Lipinski definition) is 2. The molecule has 6 heteroatoms. The van der Waals surface area contributed by atoms with Crippen molar-refractivity contribution in [3.8, 4) is 0 Å². The SMILES string of the molecule is O=C1C=C(O)c2c(Cl)c(Cl)c(Cl)c(Cl)c21. The van der Waals surface area contributed by atoms with Gasteiger partial charge in [0.1, 0.15) is 5.76 Å². The molecular weight excluding hydrogens is 282 g/mol. The van der Waals surface area contributed by atoms with Gasteiger partial charge >= 0.3 is 0 Å². The highest BCUT2D eigenvalue weighted by Gasteiger charge is 2.30. The standard InChI is InChI=1S/C9H2Cl4O2/c10-6-4-2(14)1-3(15)5(4)7(11)9(13)8(6)12/h1,14H. The molecule has 2 rings (SSSR count). The zero-order valence-electron chi connectivity index (χ0n) is 6.94. The number of allylic oxidation sites excluding steroid dienone is 1. The first-order valence-electron chi connectivity index (χ1n) is 3.76. The minimum absolute atomic E-state index is 0.00590. The summed E-state index contributed by atoms with van der Waals surface area (Å²) in [6.45, 7) is 0. The molecule has 1 N–H and O–H groups in total. The fourth-order valence-electron chi connectivity index (χ4n) is 1.37. The topological polar surface area (TPSA) is 37.3 Å². The summed E-state index contributed by atoms with van der Waals surface area (Å²) >= 11 is 23.2. The molecule has 0 saturated heterocycles. The van der Waals surface area contributed by atoms with E-state index >= 15 is 0 Å². The lowest BCUT2D eigenvalue weighted by Crippen LogP contribution is -1.96. The molecule has 0 spiro atoms. The number of rotatable bonds is 0. The highest BCUT2D eigenvalue weighted by molar-refractivity contribution is 6.54. The van der Waals surface area contributed by atoms with Crippen LogP contribution in [0.4, 0.5) is 0 Å². The summed E-state index contributed by atoms with van der Waals surface area (Å²) < 4.78 is 0. The van der Waals surface area contributed by atoms with Crippen molar-refractivity contribution in [2.24, 2.45) is 0 Å². The van der Waals surface area contributed by atoms with Gasteiger partial charge in [-0.05, 0) is 0 Å². The van der Waals surface area contributed by atoms with Gasteiger partial charge in [0, 0.05) is 11.6 Å². The van der Waals surface area contributed by atoms with Gasteiger partial charge in [0.05, 0.1) is 25.7 Å². The molecule has 0 fully saturated rings. The normalized spacial score (nSPS) is 14.1. The van der Waals surface area contributed by atoms with Crippen molar-refractivity contribution in [1.82, 2.24) is 0 Å². The van der Waals surface area contributed by atoms with Crippen LogP contribution >= 0.6 is 46.4 Å². The molecule has 2 nitrogen and oxygen atoms in total. The monoisotopic (exact) mass is 282 g/mol. The maximum Gasteiger partial charge on any atom is 0.191 e. The van der Waals surface area contributed by atoms with Crippen LogP contribution in [0.25, 0.3) is 5.76 Å². The summed E-state index contributed by atoms with van der Waals surface area (Å²) in [7, 11) is 0. The lowest BCUT2D eigenvalue weighted by atomic mass is 10.1. The minimum atomic E-state index is -0.437. The number of benzene rings is 1. The van der Waals surface area contributed by atoms with Gasteiger partial charge in [-0.1, -0.05) is 46.4 Å². The van der Waals surface area contributed by atoms with E-state index in [9.17, 15) is 9.90 Å². The van der Waals surface area contributed by atoms with Crippen LogP contribution in [-0.4, -0.2) is 10.9 Å². The Hall–Kier alpha value is -0.410. The van der Waals surface area contributed by atoms with E-state index < -0.39 is 5.78 Å². The van der Waals surface area contributed by atoms with Gasteiger partial charge in [-0.15, -0.1) is 0 Å². The largest absolute Gasteiger partial charge is 0.507 e. The average molecular weight is 284 g/mol. The summed E-state index contributed by atoms with van der Waals surface area (Å²) in [6.07, 6.45) is 1.02. The van der Waals surface area contributed by atoms with Crippen LogP contribution < -0.4 is 0 Å². The van der Waals surface area contributed by atoms with Crippen molar-refractivity contribution in [2.45, 2.75) is 0 Å². The Kier molecular flexibility index (Phi) is 2.63. The van der Waals surface area contributed by atoms with Crippen molar-refractivity contribution in [3.63, 3.8) is 0 Å². The van der Waals surface area contributed by atoms with Crippen molar-refractivity contribution in [2.75, 3.05) is 0 Å². The number of ketones is 1. The molecule has 0 amide bonds. The molecule has 0 aromatic heterocycles. The molecule has 0 aliphatic heterocycles. The summed E-state index contributed by atoms with van der Waals surface area (Å²) in [4.78, 5) is 11.4. The summed E-state index contributed by atoms with van der Waals surface area (Å²) in [5, 5.41) is 9.54. The predicted octanol–water partition coefficient (Wildman–Crippen LogP) is 4.40. The number of hydrogen-bond donors (Lipinski definition) is 1. The van der Waals surface area contributed by atoms with Crippen LogP contribution in [0.15, 0.2) is 6.08 Å². The maximum atomic E-state index is 11.4. The first-order valence-corrected chi connectivity index (χ1v) is 5.27. The molecule has 1 aromatic rings. The fourth-order valence-corrected chi connectivity index (χ4v) is 2.41. The summed E-state index contributed by atoms with van der Waals surface area (Å²) in [5.41, 5.74) is 0.231. The summed E-state index contributed by atoms with van der Waals surface area (Å²) in [6, 6.07) is 0. The molecule has 1 aliphatic rings. The Morgan fingerprint density at radius 2 is 1.33 bits per heavy atom. The number of carbonyl (C=O) groups is 1. The van der Waals surface area contributed by atoms with Gasteiger partial charge in [-0.25, -0.2) is 0 Å². The molecular formula is C9H2Cl4O2. The highest BCUT2D eigenvalue weighted by atomic mass is 35.5. The molecule has 0 unspecified atom stereocenters. The average Bonchev–Trinajstić information content (AvgIpc) is 2.47. The van der Waals surface area contributed by atoms with Gasteiger partial charge in [-0.3, -0.25) is 4.79 Å². The van der Waals surface area contributed by atoms with E-state index in [1.807, 2.05) is 0 Å². The van der Waals surface area contributed by atoms with E-state index in [2.05, 4.69) is 0 Å². The molecule has 1 aromatic carbocycles. The lowest BCUT2D eigenvalue weighted by molar-refractivity contribution is 0.105. The number of halogens is 4. The first-order chi connectivity index (χ1) is 6.95. The molecule has 0 atom stereocenters. The molecule has 78 valence electrons. The van der Waals surface area contributed by atoms with Gasteiger partial charge in [0.25, 0.3) is 0 Å². The van der Waals surface area contributed by atoms with Crippen LogP contribution in [0.1, 0.15) is 15.9 Å². The van der Waals surface area contributed by atoms with E-state index in [1.165, 1.54) is 0 Å². The Morgan fingerprint density at radius 1 is 0.867 bits per heavy atom. The zero-order chi connectivity index (χ0) is 11.3. The van der Waals surface area contributed by atoms with Crippen LogP contribution in [-0.2, 0) is 0 Å². The second kappa shape index (κ2) is 3.56. The highest BCUT2D eigenvalue weighted by Crippen LogP contribution is 2.45. The van der Waals surface area contributed by atoms with Gasteiger partial charge < -0.3 is 5.11 Å². The van der Waals surface area contributed by atoms with Crippen molar-refractivity contribution in [3.05, 3.63) is 37.3 Å². The van der Waals surface area contributed by atoms with Crippen LogP contribution in [0.2, 0.25) is 20.1 Å². The summed E-state index contributed by atoms with van der Waals surface area (Å²) in [5.74, 6) is -0.687. The zero-order valence-corrected chi connectivity index (χ0v) is 9.97.